The summed E-state index contributed by atoms with van der Waals surface area (Å²) in [5.41, 5.74) is 0.0780. The van der Waals surface area contributed by atoms with E-state index >= 15 is 0 Å². The van der Waals surface area contributed by atoms with E-state index in [0.717, 1.165) is 0 Å². The van der Waals surface area contributed by atoms with E-state index in [9.17, 15) is 14.6 Å². The number of aliphatic hydroxyl groups excluding tert-OH is 2. The quantitative estimate of drug-likeness (QED) is 0.816. The van der Waals surface area contributed by atoms with Crippen molar-refractivity contribution in [1.29, 1.82) is 0 Å². The van der Waals surface area contributed by atoms with Gasteiger partial charge in [-0.05, 0) is 18.3 Å². The summed E-state index contributed by atoms with van der Waals surface area (Å²) in [5, 5.41) is 18.8. The Labute approximate surface area is 111 Å². The molecule has 0 radical (unpaired) electrons. The summed E-state index contributed by atoms with van der Waals surface area (Å²) in [7, 11) is 0. The highest BCUT2D eigenvalue weighted by molar-refractivity contribution is 5.45. The Bertz CT molecular complexity index is 479. The van der Waals surface area contributed by atoms with Crippen LogP contribution in [0.2, 0.25) is 0 Å². The third-order valence-electron chi connectivity index (χ3n) is 4.75. The van der Waals surface area contributed by atoms with Gasteiger partial charge in [0.25, 0.3) is 0 Å². The number of aryl methyl sites for hydroxylation is 1. The summed E-state index contributed by atoms with van der Waals surface area (Å²) in [6, 6.07) is 0. The van der Waals surface area contributed by atoms with Crippen molar-refractivity contribution in [2.45, 2.75) is 13.3 Å². The van der Waals surface area contributed by atoms with Crippen LogP contribution in [0.5, 0.6) is 0 Å². The van der Waals surface area contributed by atoms with Gasteiger partial charge in [-0.2, -0.15) is 0 Å². The molecule has 2 atom stereocenters. The second kappa shape index (κ2) is 4.38. The van der Waals surface area contributed by atoms with Gasteiger partial charge in [0.2, 0.25) is 0 Å². The Morgan fingerprint density at radius 1 is 1.32 bits per heavy atom. The van der Waals surface area contributed by atoms with Crippen LogP contribution >= 0.6 is 0 Å². The molecule has 3 rings (SSSR count). The fraction of sp³-hybridized carbons (Fsp3) is 0.692. The predicted octanol–water partition coefficient (Wildman–Crippen LogP) is 0.215. The van der Waals surface area contributed by atoms with E-state index in [1.165, 1.54) is 6.33 Å². The van der Waals surface area contributed by atoms with Gasteiger partial charge in [-0.15, -0.1) is 0 Å². The maximum atomic E-state index is 14.2. The van der Waals surface area contributed by atoms with Gasteiger partial charge in [-0.25, -0.2) is 14.4 Å². The van der Waals surface area contributed by atoms with Crippen LogP contribution in [-0.4, -0.2) is 46.5 Å². The van der Waals surface area contributed by atoms with Gasteiger partial charge in [-0.3, -0.25) is 0 Å². The van der Waals surface area contributed by atoms with Crippen molar-refractivity contribution in [1.82, 2.24) is 9.97 Å². The number of fused-ring (bicyclic) bond motifs is 1. The highest BCUT2D eigenvalue weighted by Gasteiger charge is 2.67. The van der Waals surface area contributed by atoms with Gasteiger partial charge in [-0.1, -0.05) is 6.92 Å². The van der Waals surface area contributed by atoms with E-state index in [4.69, 9.17) is 0 Å². The zero-order valence-corrected chi connectivity index (χ0v) is 10.9. The largest absolute Gasteiger partial charge is 0.396 e. The van der Waals surface area contributed by atoms with Gasteiger partial charge >= 0.3 is 0 Å². The molecule has 2 aliphatic rings. The van der Waals surface area contributed by atoms with Crippen LogP contribution in [0.3, 0.4) is 0 Å². The molecule has 1 aliphatic heterocycles. The summed E-state index contributed by atoms with van der Waals surface area (Å²) in [6.45, 7) is 3.14. The van der Waals surface area contributed by atoms with E-state index in [1.54, 1.807) is 0 Å². The number of nitrogens with zero attached hydrogens (tertiary/aromatic N) is 3. The van der Waals surface area contributed by atoms with Crippen LogP contribution in [0.4, 0.5) is 10.2 Å². The second-order valence-corrected chi connectivity index (χ2v) is 5.48. The van der Waals surface area contributed by atoms with Crippen molar-refractivity contribution in [3.05, 3.63) is 17.8 Å². The number of aliphatic hydroxyl groups is 2. The maximum absolute atomic E-state index is 14.2. The lowest BCUT2D eigenvalue weighted by molar-refractivity contribution is 0.109. The standard InChI is InChI=1S/C13H18FN3O2/c1-2-10-11(14)12(16-7-15-10)17-3-8-9(4-17)13(8,5-18)6-19/h7-9,18-19H,2-6H2,1H3. The van der Waals surface area contributed by atoms with Crippen molar-refractivity contribution >= 4 is 5.82 Å². The zero-order chi connectivity index (χ0) is 13.6. The first-order chi connectivity index (χ1) is 9.17. The van der Waals surface area contributed by atoms with Crippen LogP contribution in [0.25, 0.3) is 0 Å². The average molecular weight is 267 g/mol. The van der Waals surface area contributed by atoms with Crippen LogP contribution in [0.1, 0.15) is 12.6 Å². The minimum Gasteiger partial charge on any atom is -0.396 e. The van der Waals surface area contributed by atoms with E-state index in [0.29, 0.717) is 31.0 Å². The Hall–Kier alpha value is -1.27. The molecule has 19 heavy (non-hydrogen) atoms. The number of halogens is 1. The average Bonchev–Trinajstić information content (AvgIpc) is 2.81. The molecule has 1 aromatic heterocycles. The molecule has 0 bridgehead atoms. The summed E-state index contributed by atoms with van der Waals surface area (Å²) in [6.07, 6.45) is 1.94. The smallest absolute Gasteiger partial charge is 0.187 e. The molecule has 2 fully saturated rings. The zero-order valence-electron chi connectivity index (χ0n) is 10.9. The van der Waals surface area contributed by atoms with Gasteiger partial charge < -0.3 is 15.1 Å². The molecular weight excluding hydrogens is 249 g/mol. The first-order valence-electron chi connectivity index (χ1n) is 6.64. The molecule has 0 amide bonds. The Morgan fingerprint density at radius 2 is 1.95 bits per heavy atom. The first-order valence-corrected chi connectivity index (χ1v) is 6.64. The van der Waals surface area contributed by atoms with Crippen molar-refractivity contribution in [2.75, 3.05) is 31.2 Å². The first kappa shape index (κ1) is 12.7. The predicted molar refractivity (Wildman–Crippen MR) is 67.2 cm³/mol. The fourth-order valence-corrected chi connectivity index (χ4v) is 3.39. The van der Waals surface area contributed by atoms with Gasteiger partial charge in [0.15, 0.2) is 11.6 Å². The van der Waals surface area contributed by atoms with E-state index in [2.05, 4.69) is 9.97 Å². The van der Waals surface area contributed by atoms with Crippen LogP contribution < -0.4 is 4.90 Å². The molecule has 1 aromatic rings. The van der Waals surface area contributed by atoms with Crippen molar-refractivity contribution in [3.63, 3.8) is 0 Å². The summed E-state index contributed by atoms with van der Waals surface area (Å²) in [5.74, 6) is 0.484. The third kappa shape index (κ3) is 1.66. The van der Waals surface area contributed by atoms with Gasteiger partial charge in [0, 0.05) is 18.5 Å². The topological polar surface area (TPSA) is 69.5 Å². The van der Waals surface area contributed by atoms with E-state index in [1.807, 2.05) is 11.8 Å². The summed E-state index contributed by atoms with van der Waals surface area (Å²) < 4.78 is 14.2. The molecule has 2 N–H and O–H groups in total. The molecule has 2 heterocycles. The monoisotopic (exact) mass is 267 g/mol. The molecule has 6 heteroatoms. The Morgan fingerprint density at radius 3 is 2.47 bits per heavy atom. The van der Waals surface area contributed by atoms with Crippen LogP contribution in [-0.2, 0) is 6.42 Å². The molecule has 0 aromatic carbocycles. The number of anilines is 1. The minimum absolute atomic E-state index is 0.000854. The number of aromatic nitrogens is 2. The lowest BCUT2D eigenvalue weighted by Crippen LogP contribution is -2.33. The molecule has 0 spiro atoms. The number of rotatable bonds is 4. The SMILES string of the molecule is CCc1ncnc(N2CC3C(C2)C3(CO)CO)c1F. The number of hydrogen-bond acceptors (Lipinski definition) is 5. The minimum atomic E-state index is -0.354. The molecular formula is C13H18FN3O2. The lowest BCUT2D eigenvalue weighted by Gasteiger charge is -2.25. The van der Waals surface area contributed by atoms with Crippen molar-refractivity contribution in [3.8, 4) is 0 Å². The van der Waals surface area contributed by atoms with Crippen molar-refractivity contribution < 1.29 is 14.6 Å². The molecule has 1 saturated heterocycles. The van der Waals surface area contributed by atoms with E-state index < -0.39 is 0 Å². The highest BCUT2D eigenvalue weighted by Crippen LogP contribution is 2.62. The maximum Gasteiger partial charge on any atom is 0.187 e. The molecule has 1 saturated carbocycles. The fourth-order valence-electron chi connectivity index (χ4n) is 3.39. The van der Waals surface area contributed by atoms with Crippen LogP contribution in [0.15, 0.2) is 6.33 Å². The second-order valence-electron chi connectivity index (χ2n) is 5.48. The Balaban J connectivity index is 1.78. The third-order valence-corrected chi connectivity index (χ3v) is 4.75. The summed E-state index contributed by atoms with van der Waals surface area (Å²) >= 11 is 0. The number of hydrogen-bond donors (Lipinski definition) is 2. The van der Waals surface area contributed by atoms with Gasteiger partial charge in [0.05, 0.1) is 18.9 Å². The summed E-state index contributed by atoms with van der Waals surface area (Å²) in [4.78, 5) is 9.86. The normalized spacial score (nSPS) is 27.5. The van der Waals surface area contributed by atoms with E-state index in [-0.39, 0.29) is 36.3 Å². The Kier molecular flexibility index (Phi) is 2.94. The van der Waals surface area contributed by atoms with Crippen molar-refractivity contribution in [2.24, 2.45) is 17.3 Å². The molecule has 5 nitrogen and oxygen atoms in total. The van der Waals surface area contributed by atoms with Gasteiger partial charge in [0.1, 0.15) is 6.33 Å². The van der Waals surface area contributed by atoms with Crippen LogP contribution in [0, 0.1) is 23.1 Å². The molecule has 1 aliphatic carbocycles. The number of piperidine rings is 1. The molecule has 104 valence electrons. The lowest BCUT2D eigenvalue weighted by atomic mass is 10.0. The molecule has 2 unspecified atom stereocenters. The highest BCUT2D eigenvalue weighted by atomic mass is 19.1.